The van der Waals surface area contributed by atoms with Crippen LogP contribution in [0.25, 0.3) is 21.7 Å². The van der Waals surface area contributed by atoms with E-state index in [1.54, 1.807) is 0 Å². The van der Waals surface area contributed by atoms with Crippen molar-refractivity contribution in [1.29, 1.82) is 0 Å². The van der Waals surface area contributed by atoms with Crippen LogP contribution in [0.15, 0.2) is 42.6 Å². The van der Waals surface area contributed by atoms with Crippen molar-refractivity contribution in [2.45, 2.75) is 44.9 Å². The number of pyridine rings is 1. The van der Waals surface area contributed by atoms with Crippen molar-refractivity contribution in [3.8, 4) is 0 Å². The van der Waals surface area contributed by atoms with E-state index < -0.39 is 0 Å². The fourth-order valence-electron chi connectivity index (χ4n) is 4.41. The van der Waals surface area contributed by atoms with Crippen molar-refractivity contribution in [2.24, 2.45) is 0 Å². The maximum absolute atomic E-state index is 4.76. The molecule has 21 heavy (non-hydrogen) atoms. The van der Waals surface area contributed by atoms with Gasteiger partial charge >= 0.3 is 0 Å². The molecule has 2 aromatic carbocycles. The molecule has 4 rings (SSSR count). The molecule has 0 saturated carbocycles. The molecule has 0 aliphatic heterocycles. The molecular weight excluding hydrogens is 254 g/mol. The van der Waals surface area contributed by atoms with Crippen molar-refractivity contribution in [3.05, 3.63) is 53.7 Å². The SMILES string of the molecule is CC1(C)CC(C)(C)c2c1cnc1cc3ccccc3cc21. The molecule has 106 valence electrons. The molecule has 0 saturated heterocycles. The Morgan fingerprint density at radius 1 is 0.905 bits per heavy atom. The summed E-state index contributed by atoms with van der Waals surface area (Å²) in [5.41, 5.74) is 4.48. The summed E-state index contributed by atoms with van der Waals surface area (Å²) in [6.07, 6.45) is 3.30. The minimum Gasteiger partial charge on any atom is -0.256 e. The molecule has 0 N–H and O–H groups in total. The van der Waals surface area contributed by atoms with Crippen LogP contribution in [0.4, 0.5) is 0 Å². The van der Waals surface area contributed by atoms with Crippen molar-refractivity contribution in [3.63, 3.8) is 0 Å². The number of fused-ring (bicyclic) bond motifs is 4. The minimum atomic E-state index is 0.211. The average molecular weight is 275 g/mol. The molecule has 1 heteroatoms. The summed E-state index contributed by atoms with van der Waals surface area (Å²) in [7, 11) is 0. The van der Waals surface area contributed by atoms with E-state index in [-0.39, 0.29) is 10.8 Å². The van der Waals surface area contributed by atoms with Gasteiger partial charge in [-0.05, 0) is 51.3 Å². The van der Waals surface area contributed by atoms with Crippen LogP contribution in [-0.2, 0) is 10.8 Å². The van der Waals surface area contributed by atoms with Gasteiger partial charge < -0.3 is 0 Å². The number of nitrogens with zero attached hydrogens (tertiary/aromatic N) is 1. The minimum absolute atomic E-state index is 0.211. The Morgan fingerprint density at radius 2 is 1.57 bits per heavy atom. The third-order valence-corrected chi connectivity index (χ3v) is 5.03. The quantitative estimate of drug-likeness (QED) is 0.504. The fraction of sp³-hybridized carbons (Fsp3) is 0.350. The van der Waals surface area contributed by atoms with Gasteiger partial charge in [-0.3, -0.25) is 4.98 Å². The lowest BCUT2D eigenvalue weighted by atomic mass is 9.81. The van der Waals surface area contributed by atoms with Crippen LogP contribution in [-0.4, -0.2) is 4.98 Å². The van der Waals surface area contributed by atoms with E-state index in [9.17, 15) is 0 Å². The summed E-state index contributed by atoms with van der Waals surface area (Å²) in [5.74, 6) is 0. The van der Waals surface area contributed by atoms with E-state index in [0.29, 0.717) is 0 Å². The molecule has 1 aliphatic carbocycles. The van der Waals surface area contributed by atoms with Crippen molar-refractivity contribution in [1.82, 2.24) is 4.98 Å². The molecule has 1 aliphatic rings. The van der Waals surface area contributed by atoms with Gasteiger partial charge in [0.05, 0.1) is 5.52 Å². The summed E-state index contributed by atoms with van der Waals surface area (Å²) in [5, 5.41) is 3.91. The molecule has 3 aromatic rings. The maximum Gasteiger partial charge on any atom is 0.0711 e. The molecule has 1 aromatic heterocycles. The summed E-state index contributed by atoms with van der Waals surface area (Å²) in [6, 6.07) is 13.1. The van der Waals surface area contributed by atoms with Gasteiger partial charge in [0.2, 0.25) is 0 Å². The summed E-state index contributed by atoms with van der Waals surface area (Å²) >= 11 is 0. The van der Waals surface area contributed by atoms with E-state index in [1.165, 1.54) is 33.7 Å². The highest BCUT2D eigenvalue weighted by Gasteiger charge is 2.43. The molecule has 1 nitrogen and oxygen atoms in total. The summed E-state index contributed by atoms with van der Waals surface area (Å²) < 4.78 is 0. The number of benzene rings is 2. The van der Waals surface area contributed by atoms with Crippen molar-refractivity contribution in [2.75, 3.05) is 0 Å². The number of hydrogen-bond acceptors (Lipinski definition) is 1. The number of aromatic nitrogens is 1. The van der Waals surface area contributed by atoms with Gasteiger partial charge in [-0.1, -0.05) is 52.0 Å². The smallest absolute Gasteiger partial charge is 0.0711 e. The predicted octanol–water partition coefficient (Wildman–Crippen LogP) is 5.35. The van der Waals surface area contributed by atoms with Gasteiger partial charge in [0.15, 0.2) is 0 Å². The van der Waals surface area contributed by atoms with E-state index >= 15 is 0 Å². The van der Waals surface area contributed by atoms with Crippen LogP contribution in [0.3, 0.4) is 0 Å². The first kappa shape index (κ1) is 12.8. The van der Waals surface area contributed by atoms with E-state index in [1.807, 2.05) is 0 Å². The van der Waals surface area contributed by atoms with Crippen LogP contribution in [0.2, 0.25) is 0 Å². The van der Waals surface area contributed by atoms with E-state index in [4.69, 9.17) is 4.98 Å². The first-order valence-electron chi connectivity index (χ1n) is 7.71. The Bertz CT molecular complexity index is 872. The Labute approximate surface area is 126 Å². The van der Waals surface area contributed by atoms with Gasteiger partial charge in [0.1, 0.15) is 0 Å². The predicted molar refractivity (Wildman–Crippen MR) is 89.9 cm³/mol. The molecule has 0 fully saturated rings. The molecule has 0 spiro atoms. The zero-order valence-corrected chi connectivity index (χ0v) is 13.2. The normalized spacial score (nSPS) is 19.0. The zero-order chi connectivity index (χ0) is 14.8. The van der Waals surface area contributed by atoms with Crippen molar-refractivity contribution < 1.29 is 0 Å². The molecule has 0 radical (unpaired) electrons. The van der Waals surface area contributed by atoms with Gasteiger partial charge in [-0.15, -0.1) is 0 Å². The molecule has 0 unspecified atom stereocenters. The molecule has 0 bridgehead atoms. The number of hydrogen-bond donors (Lipinski definition) is 0. The van der Waals surface area contributed by atoms with E-state index in [2.05, 4.69) is 70.3 Å². The topological polar surface area (TPSA) is 12.9 Å². The molecule has 0 amide bonds. The third kappa shape index (κ3) is 1.73. The Morgan fingerprint density at radius 3 is 2.29 bits per heavy atom. The highest BCUT2D eigenvalue weighted by molar-refractivity contribution is 5.99. The van der Waals surface area contributed by atoms with Crippen LogP contribution < -0.4 is 0 Å². The van der Waals surface area contributed by atoms with Crippen LogP contribution in [0.5, 0.6) is 0 Å². The second kappa shape index (κ2) is 3.85. The zero-order valence-electron chi connectivity index (χ0n) is 13.2. The van der Waals surface area contributed by atoms with Crippen molar-refractivity contribution >= 4 is 21.7 Å². The highest BCUT2D eigenvalue weighted by atomic mass is 14.7. The molecule has 1 heterocycles. The second-order valence-corrected chi connectivity index (χ2v) is 7.71. The Hall–Kier alpha value is -1.89. The molecule has 0 atom stereocenters. The monoisotopic (exact) mass is 275 g/mol. The maximum atomic E-state index is 4.76. The van der Waals surface area contributed by atoms with Gasteiger partial charge in [0.25, 0.3) is 0 Å². The van der Waals surface area contributed by atoms with E-state index in [0.717, 1.165) is 5.52 Å². The summed E-state index contributed by atoms with van der Waals surface area (Å²) in [4.78, 5) is 4.76. The average Bonchev–Trinajstić information content (AvgIpc) is 2.61. The summed E-state index contributed by atoms with van der Waals surface area (Å²) in [6.45, 7) is 9.43. The Balaban J connectivity index is 2.17. The standard InChI is InChI=1S/C20H21N/c1-19(2)12-20(3,4)18-15-9-13-7-5-6-8-14(13)10-17(15)21-11-16(18)19/h5-11H,12H2,1-4H3. The first-order valence-corrected chi connectivity index (χ1v) is 7.71. The molecular formula is C20H21N. The second-order valence-electron chi connectivity index (χ2n) is 7.71. The third-order valence-electron chi connectivity index (χ3n) is 5.03. The van der Waals surface area contributed by atoms with Gasteiger partial charge in [0, 0.05) is 11.6 Å². The lowest BCUT2D eigenvalue weighted by molar-refractivity contribution is 0.404. The van der Waals surface area contributed by atoms with Crippen LogP contribution >= 0.6 is 0 Å². The number of rotatable bonds is 0. The fourth-order valence-corrected chi connectivity index (χ4v) is 4.41. The lowest BCUT2D eigenvalue weighted by Crippen LogP contribution is -2.18. The first-order chi connectivity index (χ1) is 9.88. The Kier molecular flexibility index (Phi) is 2.35. The van der Waals surface area contributed by atoms with Gasteiger partial charge in [-0.2, -0.15) is 0 Å². The van der Waals surface area contributed by atoms with Crippen LogP contribution in [0, 0.1) is 0 Å². The van der Waals surface area contributed by atoms with Crippen LogP contribution in [0.1, 0.15) is 45.2 Å². The highest BCUT2D eigenvalue weighted by Crippen LogP contribution is 2.51. The lowest BCUT2D eigenvalue weighted by Gasteiger charge is -2.22. The largest absolute Gasteiger partial charge is 0.256 e. The van der Waals surface area contributed by atoms with Gasteiger partial charge in [-0.25, -0.2) is 0 Å².